The lowest BCUT2D eigenvalue weighted by atomic mass is 10.1. The first-order valence-electron chi connectivity index (χ1n) is 9.52. The Labute approximate surface area is 185 Å². The molecule has 3 rings (SSSR count). The molecule has 162 valence electrons. The number of halogens is 1. The number of carbonyl (C=O) groups is 2. The molecule has 1 unspecified atom stereocenters. The maximum Gasteiger partial charge on any atom is 0.341 e. The maximum absolute atomic E-state index is 13.1. The van der Waals surface area contributed by atoms with Crippen molar-refractivity contribution in [3.8, 4) is 0 Å². The zero-order chi connectivity index (χ0) is 22.1. The van der Waals surface area contributed by atoms with Gasteiger partial charge in [-0.25, -0.2) is 13.2 Å². The Hall–Kier alpha value is -1.94. The highest BCUT2D eigenvalue weighted by molar-refractivity contribution is 7.89. The van der Waals surface area contributed by atoms with Crippen molar-refractivity contribution in [1.82, 2.24) is 4.31 Å². The standard InChI is InChI=1S/C20H23ClN2O5S2/c1-4-28-20(25)17-12(2)13(3)29-19(17)22-18(24)16-6-5-11-23(16)30(26,27)15-9-7-14(21)8-10-15/h7-10,16H,4-6,11H2,1-3H3,(H,22,24). The lowest BCUT2D eigenvalue weighted by Crippen LogP contribution is -2.43. The minimum absolute atomic E-state index is 0.0848. The van der Waals surface area contributed by atoms with E-state index in [1.54, 1.807) is 13.8 Å². The second-order valence-corrected chi connectivity index (χ2v) is 10.5. The van der Waals surface area contributed by atoms with E-state index in [-0.39, 0.29) is 18.0 Å². The summed E-state index contributed by atoms with van der Waals surface area (Å²) in [7, 11) is -3.85. The van der Waals surface area contributed by atoms with Crippen molar-refractivity contribution in [3.63, 3.8) is 0 Å². The van der Waals surface area contributed by atoms with E-state index in [1.807, 2.05) is 6.92 Å². The first kappa shape index (κ1) is 22.7. The predicted octanol–water partition coefficient (Wildman–Crippen LogP) is 3.99. The van der Waals surface area contributed by atoms with E-state index < -0.39 is 27.9 Å². The van der Waals surface area contributed by atoms with Crippen LogP contribution in [0.1, 0.15) is 40.6 Å². The molecule has 0 saturated carbocycles. The van der Waals surface area contributed by atoms with Crippen molar-refractivity contribution in [3.05, 3.63) is 45.3 Å². The number of benzene rings is 1. The number of hydrogen-bond acceptors (Lipinski definition) is 6. The number of sulfonamides is 1. The van der Waals surface area contributed by atoms with Crippen LogP contribution in [-0.2, 0) is 19.6 Å². The van der Waals surface area contributed by atoms with E-state index >= 15 is 0 Å². The van der Waals surface area contributed by atoms with Crippen LogP contribution in [0.15, 0.2) is 29.2 Å². The number of ether oxygens (including phenoxy) is 1. The Bertz CT molecular complexity index is 1060. The first-order chi connectivity index (χ1) is 14.2. The molecule has 1 aromatic carbocycles. The molecule has 1 N–H and O–H groups in total. The molecule has 10 heteroatoms. The van der Waals surface area contributed by atoms with Crippen LogP contribution in [0.4, 0.5) is 5.00 Å². The second kappa shape index (κ2) is 9.05. The molecule has 1 fully saturated rings. The van der Waals surface area contributed by atoms with Gasteiger partial charge in [0, 0.05) is 16.4 Å². The third kappa shape index (κ3) is 4.39. The molecule has 1 aliphatic rings. The Morgan fingerprint density at radius 1 is 1.27 bits per heavy atom. The summed E-state index contributed by atoms with van der Waals surface area (Å²) in [4.78, 5) is 26.3. The molecule has 1 aromatic heterocycles. The number of anilines is 1. The van der Waals surface area contributed by atoms with Crippen LogP contribution in [0, 0.1) is 13.8 Å². The number of amides is 1. The summed E-state index contributed by atoms with van der Waals surface area (Å²) in [6, 6.07) is 5.00. The van der Waals surface area contributed by atoms with Crippen LogP contribution < -0.4 is 5.32 Å². The van der Waals surface area contributed by atoms with Crippen LogP contribution in [0.3, 0.4) is 0 Å². The van der Waals surface area contributed by atoms with Gasteiger partial charge in [-0.3, -0.25) is 4.79 Å². The first-order valence-corrected chi connectivity index (χ1v) is 12.2. The van der Waals surface area contributed by atoms with E-state index in [0.717, 1.165) is 10.4 Å². The second-order valence-electron chi connectivity index (χ2n) is 6.92. The van der Waals surface area contributed by atoms with E-state index in [0.29, 0.717) is 28.4 Å². The highest BCUT2D eigenvalue weighted by Crippen LogP contribution is 2.34. The van der Waals surface area contributed by atoms with Gasteiger partial charge in [0.05, 0.1) is 17.1 Å². The van der Waals surface area contributed by atoms with Crippen molar-refractivity contribution in [1.29, 1.82) is 0 Å². The minimum atomic E-state index is -3.85. The number of nitrogens with one attached hydrogen (secondary N) is 1. The summed E-state index contributed by atoms with van der Waals surface area (Å²) in [5, 5.41) is 3.58. The summed E-state index contributed by atoms with van der Waals surface area (Å²) in [5.74, 6) is -0.969. The number of hydrogen-bond donors (Lipinski definition) is 1. The molecule has 2 heterocycles. The van der Waals surface area contributed by atoms with Crippen molar-refractivity contribution >= 4 is 49.8 Å². The van der Waals surface area contributed by atoms with Gasteiger partial charge in [-0.2, -0.15) is 4.31 Å². The molecule has 0 bridgehead atoms. The number of nitrogens with zero attached hydrogens (tertiary/aromatic N) is 1. The molecule has 0 radical (unpaired) electrons. The third-order valence-corrected chi connectivity index (χ3v) is 8.33. The fraction of sp³-hybridized carbons (Fsp3) is 0.400. The lowest BCUT2D eigenvalue weighted by Gasteiger charge is -2.23. The van der Waals surface area contributed by atoms with Crippen molar-refractivity contribution in [2.75, 3.05) is 18.5 Å². The SMILES string of the molecule is CCOC(=O)c1c(NC(=O)C2CCCN2S(=O)(=O)c2ccc(Cl)cc2)sc(C)c1C. The smallest absolute Gasteiger partial charge is 0.341 e. The summed E-state index contributed by atoms with van der Waals surface area (Å²) in [6.07, 6.45) is 0.967. The molecule has 1 amide bonds. The Morgan fingerprint density at radius 2 is 1.93 bits per heavy atom. The van der Waals surface area contributed by atoms with Gasteiger partial charge in [-0.15, -0.1) is 11.3 Å². The number of aryl methyl sites for hydroxylation is 1. The van der Waals surface area contributed by atoms with Crippen LogP contribution in [0.2, 0.25) is 5.02 Å². The van der Waals surface area contributed by atoms with Crippen LogP contribution >= 0.6 is 22.9 Å². The fourth-order valence-corrected chi connectivity index (χ4v) is 6.22. The van der Waals surface area contributed by atoms with Crippen LogP contribution in [0.5, 0.6) is 0 Å². The van der Waals surface area contributed by atoms with E-state index in [1.165, 1.54) is 39.9 Å². The minimum Gasteiger partial charge on any atom is -0.462 e. The normalized spacial score (nSPS) is 17.1. The third-order valence-electron chi connectivity index (χ3n) is 5.03. The highest BCUT2D eigenvalue weighted by atomic mass is 35.5. The molecule has 7 nitrogen and oxygen atoms in total. The van der Waals surface area contributed by atoms with E-state index in [4.69, 9.17) is 16.3 Å². The van der Waals surface area contributed by atoms with Gasteiger partial charge in [-0.1, -0.05) is 11.6 Å². The van der Waals surface area contributed by atoms with E-state index in [9.17, 15) is 18.0 Å². The van der Waals surface area contributed by atoms with Crippen molar-refractivity contribution < 1.29 is 22.7 Å². The molecule has 2 aromatic rings. The molecule has 1 atom stereocenters. The molecule has 30 heavy (non-hydrogen) atoms. The zero-order valence-corrected chi connectivity index (χ0v) is 19.3. The average molecular weight is 471 g/mol. The Balaban J connectivity index is 1.86. The summed E-state index contributed by atoms with van der Waals surface area (Å²) < 4.78 is 32.4. The topological polar surface area (TPSA) is 92.8 Å². The number of carbonyl (C=O) groups excluding carboxylic acids is 2. The summed E-state index contributed by atoms with van der Waals surface area (Å²) in [6.45, 7) is 5.82. The van der Waals surface area contributed by atoms with Gasteiger partial charge in [-0.05, 0) is 63.4 Å². The predicted molar refractivity (Wildman–Crippen MR) is 117 cm³/mol. The molecular formula is C20H23ClN2O5S2. The van der Waals surface area contributed by atoms with Crippen LogP contribution in [0.25, 0.3) is 0 Å². The summed E-state index contributed by atoms with van der Waals surface area (Å²) in [5.41, 5.74) is 1.06. The quantitative estimate of drug-likeness (QED) is 0.644. The van der Waals surface area contributed by atoms with Crippen molar-refractivity contribution in [2.45, 2.75) is 44.6 Å². The van der Waals surface area contributed by atoms with Gasteiger partial charge in [0.15, 0.2) is 0 Å². The molecule has 0 spiro atoms. The number of thiophene rings is 1. The van der Waals surface area contributed by atoms with Crippen molar-refractivity contribution in [2.24, 2.45) is 0 Å². The Kier molecular flexibility index (Phi) is 6.86. The van der Waals surface area contributed by atoms with Gasteiger partial charge < -0.3 is 10.1 Å². The maximum atomic E-state index is 13.1. The van der Waals surface area contributed by atoms with E-state index in [2.05, 4.69) is 5.32 Å². The molecule has 1 saturated heterocycles. The lowest BCUT2D eigenvalue weighted by molar-refractivity contribution is -0.119. The molecular weight excluding hydrogens is 448 g/mol. The monoisotopic (exact) mass is 470 g/mol. The van der Waals surface area contributed by atoms with Crippen LogP contribution in [-0.4, -0.2) is 43.8 Å². The van der Waals surface area contributed by atoms with Gasteiger partial charge in [0.25, 0.3) is 0 Å². The number of esters is 1. The molecule has 0 aliphatic carbocycles. The van der Waals surface area contributed by atoms with Gasteiger partial charge in [0.1, 0.15) is 11.0 Å². The largest absolute Gasteiger partial charge is 0.462 e. The fourth-order valence-electron chi connectivity index (χ4n) is 3.39. The van der Waals surface area contributed by atoms with Gasteiger partial charge >= 0.3 is 5.97 Å². The average Bonchev–Trinajstić information content (AvgIpc) is 3.28. The zero-order valence-electron chi connectivity index (χ0n) is 16.9. The Morgan fingerprint density at radius 3 is 2.57 bits per heavy atom. The number of rotatable bonds is 6. The molecule has 1 aliphatic heterocycles. The van der Waals surface area contributed by atoms with Gasteiger partial charge in [0.2, 0.25) is 15.9 Å². The summed E-state index contributed by atoms with van der Waals surface area (Å²) >= 11 is 7.13. The highest BCUT2D eigenvalue weighted by Gasteiger charge is 2.40.